The van der Waals surface area contributed by atoms with Crippen molar-refractivity contribution < 1.29 is 14.3 Å². The molecular weight excluding hydrogens is 366 g/mol. The number of methoxy groups -OCH3 is 1. The molecule has 148 valence electrons. The van der Waals surface area contributed by atoms with Gasteiger partial charge in [-0.3, -0.25) is 9.59 Å². The first-order valence-corrected chi connectivity index (χ1v) is 9.42. The second kappa shape index (κ2) is 10.1. The molecule has 29 heavy (non-hydrogen) atoms. The normalized spacial score (nSPS) is 10.4. The monoisotopic (exact) mass is 389 g/mol. The van der Waals surface area contributed by atoms with Gasteiger partial charge in [-0.05, 0) is 30.5 Å². The number of nitrogens with zero attached hydrogens (tertiary/aromatic N) is 2. The summed E-state index contributed by atoms with van der Waals surface area (Å²) in [6, 6.07) is 19.3. The van der Waals surface area contributed by atoms with E-state index in [0.29, 0.717) is 11.4 Å². The minimum atomic E-state index is -0.639. The first-order chi connectivity index (χ1) is 14.2. The Morgan fingerprint density at radius 1 is 0.931 bits per heavy atom. The molecule has 1 aromatic heterocycles. The molecule has 0 radical (unpaired) electrons. The van der Waals surface area contributed by atoms with E-state index in [-0.39, 0.29) is 13.0 Å². The van der Waals surface area contributed by atoms with Gasteiger partial charge in [0.2, 0.25) is 5.78 Å². The van der Waals surface area contributed by atoms with Crippen molar-refractivity contribution in [3.05, 3.63) is 89.5 Å². The summed E-state index contributed by atoms with van der Waals surface area (Å²) in [7, 11) is 1.57. The number of para-hydroxylation sites is 1. The Kier molecular flexibility index (Phi) is 7.05. The van der Waals surface area contributed by atoms with Crippen LogP contribution in [0.1, 0.15) is 22.5 Å². The Hall–Kier alpha value is -3.54. The molecule has 0 spiro atoms. The van der Waals surface area contributed by atoms with Gasteiger partial charge in [0, 0.05) is 17.8 Å². The van der Waals surface area contributed by atoms with Gasteiger partial charge >= 0.3 is 0 Å². The summed E-state index contributed by atoms with van der Waals surface area (Å²) in [5, 5.41) is 2.64. The fraction of sp³-hybridized carbons (Fsp3) is 0.217. The number of Topliss-reactive ketones (excluding diaryl/α,β-unsaturated/α-hetero) is 1. The van der Waals surface area contributed by atoms with Crippen LogP contribution in [0.25, 0.3) is 0 Å². The lowest BCUT2D eigenvalue weighted by atomic mass is 10.1. The molecule has 6 heteroatoms. The van der Waals surface area contributed by atoms with Crippen molar-refractivity contribution in [2.75, 3.05) is 7.11 Å². The zero-order valence-corrected chi connectivity index (χ0v) is 16.3. The number of nitrogens with one attached hydrogen (secondary N) is 1. The highest BCUT2D eigenvalue weighted by molar-refractivity contribution is 6.36. The number of carbonyl (C=O) groups is 2. The number of aryl methyl sites for hydroxylation is 2. The molecule has 1 heterocycles. The van der Waals surface area contributed by atoms with Gasteiger partial charge in [0.15, 0.2) is 0 Å². The predicted molar refractivity (Wildman–Crippen MR) is 109 cm³/mol. The third kappa shape index (κ3) is 5.97. The highest BCUT2D eigenvalue weighted by Gasteiger charge is 2.16. The summed E-state index contributed by atoms with van der Waals surface area (Å²) in [6.07, 6.45) is 2.98. The van der Waals surface area contributed by atoms with Gasteiger partial charge in [0.05, 0.1) is 19.2 Å². The van der Waals surface area contributed by atoms with Crippen LogP contribution in [0.2, 0.25) is 0 Å². The third-order valence-electron chi connectivity index (χ3n) is 4.52. The van der Waals surface area contributed by atoms with Crippen molar-refractivity contribution in [3.63, 3.8) is 0 Å². The molecule has 0 saturated heterocycles. The molecule has 0 fully saturated rings. The average Bonchev–Trinajstić information content (AvgIpc) is 2.77. The second-order valence-corrected chi connectivity index (χ2v) is 6.58. The number of carbonyl (C=O) groups excluding carboxylic acids is 2. The van der Waals surface area contributed by atoms with Crippen LogP contribution in [-0.4, -0.2) is 28.8 Å². The summed E-state index contributed by atoms with van der Waals surface area (Å²) in [5.41, 5.74) is 3.42. The highest BCUT2D eigenvalue weighted by atomic mass is 16.5. The van der Waals surface area contributed by atoms with Crippen molar-refractivity contribution >= 4 is 11.7 Å². The van der Waals surface area contributed by atoms with Crippen LogP contribution >= 0.6 is 0 Å². The molecule has 2 aromatic carbocycles. The minimum Gasteiger partial charge on any atom is -0.496 e. The second-order valence-electron chi connectivity index (χ2n) is 6.58. The Morgan fingerprint density at radius 3 is 2.45 bits per heavy atom. The van der Waals surface area contributed by atoms with Gasteiger partial charge in [0.1, 0.15) is 12.1 Å². The van der Waals surface area contributed by atoms with Gasteiger partial charge in [-0.1, -0.05) is 48.5 Å². The molecule has 0 bridgehead atoms. The molecule has 0 aliphatic heterocycles. The van der Waals surface area contributed by atoms with E-state index in [1.807, 2.05) is 36.4 Å². The molecule has 1 N–H and O–H groups in total. The van der Waals surface area contributed by atoms with Gasteiger partial charge in [0.25, 0.3) is 5.91 Å². The minimum absolute atomic E-state index is 0.0569. The zero-order valence-electron chi connectivity index (χ0n) is 16.3. The average molecular weight is 389 g/mol. The van der Waals surface area contributed by atoms with E-state index in [9.17, 15) is 9.59 Å². The summed E-state index contributed by atoms with van der Waals surface area (Å²) in [4.78, 5) is 32.8. The third-order valence-corrected chi connectivity index (χ3v) is 4.52. The maximum Gasteiger partial charge on any atom is 0.288 e. The summed E-state index contributed by atoms with van der Waals surface area (Å²) in [6.45, 7) is 0.223. The number of rotatable bonds is 9. The lowest BCUT2D eigenvalue weighted by Crippen LogP contribution is -2.32. The van der Waals surface area contributed by atoms with Crippen LogP contribution in [-0.2, 0) is 35.4 Å². The quantitative estimate of drug-likeness (QED) is 0.569. The smallest absolute Gasteiger partial charge is 0.288 e. The van der Waals surface area contributed by atoms with Gasteiger partial charge < -0.3 is 10.1 Å². The van der Waals surface area contributed by atoms with Gasteiger partial charge in [-0.15, -0.1) is 0 Å². The molecular formula is C23H23N3O3. The van der Waals surface area contributed by atoms with E-state index in [1.165, 1.54) is 11.9 Å². The largest absolute Gasteiger partial charge is 0.496 e. The number of ether oxygens (including phenoxy) is 1. The molecule has 3 rings (SSSR count). The van der Waals surface area contributed by atoms with Gasteiger partial charge in [-0.25, -0.2) is 9.97 Å². The first kappa shape index (κ1) is 20.2. The first-order valence-electron chi connectivity index (χ1n) is 9.42. The van der Waals surface area contributed by atoms with Crippen molar-refractivity contribution in [1.29, 1.82) is 0 Å². The Labute approximate surface area is 170 Å². The van der Waals surface area contributed by atoms with Crippen LogP contribution in [0.4, 0.5) is 0 Å². The number of ketones is 1. The molecule has 0 aliphatic carbocycles. The van der Waals surface area contributed by atoms with E-state index in [1.54, 1.807) is 19.2 Å². The highest BCUT2D eigenvalue weighted by Crippen LogP contribution is 2.16. The van der Waals surface area contributed by atoms with E-state index < -0.39 is 11.7 Å². The molecule has 0 atom stereocenters. The molecule has 0 aliphatic rings. The lowest BCUT2D eigenvalue weighted by Gasteiger charge is -2.09. The van der Waals surface area contributed by atoms with E-state index in [4.69, 9.17) is 4.74 Å². The number of benzene rings is 2. The number of aromatic nitrogens is 2. The molecule has 6 nitrogen and oxygen atoms in total. The van der Waals surface area contributed by atoms with E-state index in [2.05, 4.69) is 27.4 Å². The van der Waals surface area contributed by atoms with Gasteiger partial charge in [-0.2, -0.15) is 0 Å². The Balaban J connectivity index is 1.53. The van der Waals surface area contributed by atoms with E-state index in [0.717, 1.165) is 24.1 Å². The van der Waals surface area contributed by atoms with Crippen LogP contribution in [0.3, 0.4) is 0 Å². The van der Waals surface area contributed by atoms with Crippen LogP contribution in [0, 0.1) is 0 Å². The van der Waals surface area contributed by atoms with E-state index >= 15 is 0 Å². The van der Waals surface area contributed by atoms with Crippen molar-refractivity contribution in [1.82, 2.24) is 15.3 Å². The van der Waals surface area contributed by atoms with Crippen LogP contribution in [0.15, 0.2) is 67.0 Å². The lowest BCUT2D eigenvalue weighted by molar-refractivity contribution is -0.137. The fourth-order valence-electron chi connectivity index (χ4n) is 2.96. The molecule has 1 amide bonds. The van der Waals surface area contributed by atoms with Crippen molar-refractivity contribution in [3.8, 4) is 5.75 Å². The summed E-state index contributed by atoms with van der Waals surface area (Å²) in [5.74, 6) is -0.507. The Bertz CT molecular complexity index is 974. The number of hydrogen-bond acceptors (Lipinski definition) is 5. The van der Waals surface area contributed by atoms with Crippen LogP contribution in [0.5, 0.6) is 5.75 Å². The zero-order chi connectivity index (χ0) is 20.5. The number of amides is 1. The maximum atomic E-state index is 12.3. The van der Waals surface area contributed by atoms with Crippen LogP contribution < -0.4 is 10.1 Å². The van der Waals surface area contributed by atoms with Crippen molar-refractivity contribution in [2.24, 2.45) is 0 Å². The van der Waals surface area contributed by atoms with Crippen molar-refractivity contribution in [2.45, 2.75) is 25.8 Å². The SMILES string of the molecule is COc1ccccc1CNC(=O)C(=O)Cc1cc(CCc2ccccc2)ncn1. The molecule has 0 unspecified atom stereocenters. The standard InChI is InChI=1S/C23H23N3O3/c1-29-22-10-6-5-9-18(22)15-24-23(28)21(27)14-20-13-19(25-16-26-20)12-11-17-7-3-2-4-8-17/h2-10,13,16H,11-12,14-15H2,1H3,(H,24,28). The fourth-order valence-corrected chi connectivity index (χ4v) is 2.96. The predicted octanol–water partition coefficient (Wildman–Crippen LogP) is 2.70. The maximum absolute atomic E-state index is 12.3. The topological polar surface area (TPSA) is 81.2 Å². The molecule has 3 aromatic rings. The number of hydrogen-bond donors (Lipinski definition) is 1. The Morgan fingerprint density at radius 2 is 1.66 bits per heavy atom. The summed E-state index contributed by atoms with van der Waals surface area (Å²) >= 11 is 0. The summed E-state index contributed by atoms with van der Waals surface area (Å²) < 4.78 is 5.25. The molecule has 0 saturated carbocycles.